The Morgan fingerprint density at radius 2 is 1.63 bits per heavy atom. The van der Waals surface area contributed by atoms with Crippen molar-refractivity contribution >= 4 is 27.6 Å². The van der Waals surface area contributed by atoms with Gasteiger partial charge in [0.05, 0.1) is 11.8 Å². The predicted octanol–water partition coefficient (Wildman–Crippen LogP) is 5.70. The molecular weight excluding hydrogens is 602 g/mol. The van der Waals surface area contributed by atoms with Gasteiger partial charge in [0.15, 0.2) is 0 Å². The van der Waals surface area contributed by atoms with Gasteiger partial charge in [0.2, 0.25) is 5.91 Å². The Bertz CT molecular complexity index is 1450. The molecule has 1 saturated heterocycles. The number of likely N-dealkylation sites (tertiary alicyclic amines) is 1. The summed E-state index contributed by atoms with van der Waals surface area (Å²) in [6.45, 7) is 4.11. The van der Waals surface area contributed by atoms with Crippen LogP contribution in [0.25, 0.3) is 11.1 Å². The topological polar surface area (TPSA) is 124 Å². The highest BCUT2D eigenvalue weighted by Gasteiger charge is 2.32. The molecule has 1 saturated carbocycles. The van der Waals surface area contributed by atoms with Gasteiger partial charge in [-0.25, -0.2) is 13.2 Å². The lowest BCUT2D eigenvalue weighted by molar-refractivity contribution is -0.139. The van der Waals surface area contributed by atoms with E-state index in [1.165, 1.54) is 38.5 Å². The van der Waals surface area contributed by atoms with E-state index in [1.807, 2.05) is 55.3 Å². The predicted molar refractivity (Wildman–Crippen MR) is 183 cm³/mol. The van der Waals surface area contributed by atoms with Crippen LogP contribution in [-0.4, -0.2) is 85.3 Å². The molecule has 9 nitrogen and oxygen atoms in total. The molecule has 1 aliphatic heterocycles. The number of piperidine rings is 1. The molecule has 254 valence electrons. The largest absolute Gasteiger partial charge is 0.480 e. The molecular formula is C36H53N3O6S. The van der Waals surface area contributed by atoms with Crippen LogP contribution in [0.5, 0.6) is 0 Å². The first kappa shape index (κ1) is 37.2. The molecule has 0 aromatic heterocycles. The van der Waals surface area contributed by atoms with E-state index in [0.29, 0.717) is 23.6 Å². The molecule has 2 N–H and O–H groups in total. The summed E-state index contributed by atoms with van der Waals surface area (Å²) < 4.78 is 23.3. The van der Waals surface area contributed by atoms with E-state index in [2.05, 4.69) is 10.2 Å². The molecule has 0 radical (unpaired) electrons. The van der Waals surface area contributed by atoms with Crippen LogP contribution in [0.1, 0.15) is 93.1 Å². The number of aliphatic carboxylic acids is 1. The van der Waals surface area contributed by atoms with Crippen LogP contribution in [-0.2, 0) is 26.0 Å². The number of likely N-dealkylation sites (N-methyl/N-ethyl adjacent to an activating group) is 1. The van der Waals surface area contributed by atoms with E-state index in [9.17, 15) is 27.9 Å². The van der Waals surface area contributed by atoms with E-state index in [0.717, 1.165) is 55.3 Å². The van der Waals surface area contributed by atoms with Gasteiger partial charge in [0, 0.05) is 31.5 Å². The second kappa shape index (κ2) is 17.1. The zero-order valence-corrected chi connectivity index (χ0v) is 27.8. The number of carbonyl (C=O) groups is 3. The molecule has 2 fully saturated rings. The summed E-state index contributed by atoms with van der Waals surface area (Å²) >= 11 is 0. The van der Waals surface area contributed by atoms with E-state index < -0.39 is 27.8 Å². The Hall–Kier alpha value is -3.24. The van der Waals surface area contributed by atoms with Crippen LogP contribution in [0.15, 0.2) is 42.5 Å². The molecule has 2 aliphatic rings. The van der Waals surface area contributed by atoms with E-state index >= 15 is 0 Å². The summed E-state index contributed by atoms with van der Waals surface area (Å²) in [6, 6.07) is 11.7. The fraction of sp³-hybridized carbons (Fsp3) is 0.583. The number of amides is 2. The van der Waals surface area contributed by atoms with Crippen molar-refractivity contribution in [3.63, 3.8) is 0 Å². The van der Waals surface area contributed by atoms with Crippen LogP contribution >= 0.6 is 0 Å². The van der Waals surface area contributed by atoms with Crippen LogP contribution in [0, 0.1) is 12.8 Å². The number of hydrogen-bond acceptors (Lipinski definition) is 6. The van der Waals surface area contributed by atoms with Crippen molar-refractivity contribution < 1.29 is 27.9 Å². The van der Waals surface area contributed by atoms with Crippen LogP contribution in [0.4, 0.5) is 0 Å². The third-order valence-electron chi connectivity index (χ3n) is 9.34. The van der Waals surface area contributed by atoms with Gasteiger partial charge in [-0.15, -0.1) is 0 Å². The Kier molecular flexibility index (Phi) is 13.8. The van der Waals surface area contributed by atoms with Gasteiger partial charge in [-0.3, -0.25) is 14.5 Å². The van der Waals surface area contributed by atoms with E-state index in [1.54, 1.807) is 6.07 Å². The number of carboxylic acids is 1. The van der Waals surface area contributed by atoms with Gasteiger partial charge in [-0.05, 0) is 86.4 Å². The molecule has 0 spiro atoms. The Labute approximate surface area is 275 Å². The lowest BCUT2D eigenvalue weighted by Crippen LogP contribution is -2.49. The van der Waals surface area contributed by atoms with Gasteiger partial charge >= 0.3 is 5.97 Å². The minimum Gasteiger partial charge on any atom is -0.480 e. The van der Waals surface area contributed by atoms with E-state index in [4.69, 9.17) is 0 Å². The van der Waals surface area contributed by atoms with Crippen LogP contribution in [0.2, 0.25) is 0 Å². The molecule has 4 rings (SSSR count). The maximum Gasteiger partial charge on any atom is 0.326 e. The average molecular weight is 656 g/mol. The SMILES string of the molecule is C.Cc1ccccc1-c1cc(CN(C)C(CC2CCCCC2)C(=O)N2CCCCC2)ccc1C(=O)N[C@@H](CCS(C)(=O)=O)C(=O)O. The number of sulfone groups is 1. The number of carbonyl (C=O) groups excluding carboxylic acids is 2. The number of nitrogens with zero attached hydrogens (tertiary/aromatic N) is 2. The summed E-state index contributed by atoms with van der Waals surface area (Å²) in [6.07, 6.45) is 11.0. The van der Waals surface area contributed by atoms with Crippen molar-refractivity contribution in [3.05, 3.63) is 59.2 Å². The Balaban J connectivity index is 0.00000576. The molecule has 1 heterocycles. The third kappa shape index (κ3) is 10.4. The average Bonchev–Trinajstić information content (AvgIpc) is 3.02. The zero-order chi connectivity index (χ0) is 32.6. The first-order valence-corrected chi connectivity index (χ1v) is 18.4. The zero-order valence-electron chi connectivity index (χ0n) is 27.0. The molecule has 2 aromatic rings. The highest BCUT2D eigenvalue weighted by molar-refractivity contribution is 7.90. The summed E-state index contributed by atoms with van der Waals surface area (Å²) in [5.41, 5.74) is 3.72. The third-order valence-corrected chi connectivity index (χ3v) is 10.3. The fourth-order valence-corrected chi connectivity index (χ4v) is 7.41. The minimum atomic E-state index is -3.40. The molecule has 1 unspecified atom stereocenters. The molecule has 1 aliphatic carbocycles. The Morgan fingerprint density at radius 3 is 2.26 bits per heavy atom. The molecule has 2 amide bonds. The quantitative estimate of drug-likeness (QED) is 0.284. The first-order valence-electron chi connectivity index (χ1n) is 16.3. The minimum absolute atomic E-state index is 0. The maximum atomic E-state index is 13.9. The monoisotopic (exact) mass is 655 g/mol. The highest BCUT2D eigenvalue weighted by atomic mass is 32.2. The number of nitrogens with one attached hydrogen (secondary N) is 1. The van der Waals surface area contributed by atoms with Gasteiger partial charge in [0.25, 0.3) is 5.91 Å². The van der Waals surface area contributed by atoms with Crippen molar-refractivity contribution in [2.24, 2.45) is 5.92 Å². The highest BCUT2D eigenvalue weighted by Crippen LogP contribution is 2.32. The smallest absolute Gasteiger partial charge is 0.326 e. The summed E-state index contributed by atoms with van der Waals surface area (Å²) in [4.78, 5) is 43.5. The molecule has 2 aromatic carbocycles. The lowest BCUT2D eigenvalue weighted by atomic mass is 9.84. The Morgan fingerprint density at radius 1 is 0.978 bits per heavy atom. The van der Waals surface area contributed by atoms with Gasteiger partial charge in [-0.2, -0.15) is 0 Å². The van der Waals surface area contributed by atoms with Crippen LogP contribution < -0.4 is 5.32 Å². The number of carboxylic acid groups (broad SMARTS) is 1. The fourth-order valence-electron chi connectivity index (χ4n) is 6.74. The lowest BCUT2D eigenvalue weighted by Gasteiger charge is -2.37. The van der Waals surface area contributed by atoms with Gasteiger partial charge < -0.3 is 15.3 Å². The van der Waals surface area contributed by atoms with Crippen LogP contribution in [0.3, 0.4) is 0 Å². The van der Waals surface area contributed by atoms with Crippen molar-refractivity contribution in [1.29, 1.82) is 0 Å². The summed E-state index contributed by atoms with van der Waals surface area (Å²) in [5, 5.41) is 12.2. The summed E-state index contributed by atoms with van der Waals surface area (Å²) in [5.74, 6) is -1.46. The van der Waals surface area contributed by atoms with E-state index in [-0.39, 0.29) is 31.5 Å². The normalized spacial score (nSPS) is 17.2. The standard InChI is InChI=1S/C35H49N3O6S.CH4/c1-25-12-8-9-15-28(25)30-22-27(16-17-29(30)33(39)36-31(35(41)42)18-21-45(3,43)44)24-37(2)32(23-26-13-6-4-7-14-26)34(40)38-19-10-5-11-20-38;/h8-9,12,15-17,22,26,31-32H,4-7,10-11,13-14,18-21,23-24H2,1-3H3,(H,36,39)(H,41,42);1H4/t31-,32?;/m0./s1. The number of hydrogen-bond donors (Lipinski definition) is 2. The van der Waals surface area contributed by atoms with Crippen molar-refractivity contribution in [2.45, 2.75) is 97.2 Å². The molecule has 0 bridgehead atoms. The van der Waals surface area contributed by atoms with Crippen molar-refractivity contribution in [3.8, 4) is 11.1 Å². The molecule has 2 atom stereocenters. The van der Waals surface area contributed by atoms with Crippen molar-refractivity contribution in [2.75, 3.05) is 32.1 Å². The molecule has 10 heteroatoms. The summed E-state index contributed by atoms with van der Waals surface area (Å²) in [7, 11) is -1.39. The molecule has 46 heavy (non-hydrogen) atoms. The first-order chi connectivity index (χ1) is 21.4. The van der Waals surface area contributed by atoms with Gasteiger partial charge in [0.1, 0.15) is 15.9 Å². The second-order valence-electron chi connectivity index (χ2n) is 13.0. The van der Waals surface area contributed by atoms with Gasteiger partial charge in [-0.1, -0.05) is 69.9 Å². The second-order valence-corrected chi connectivity index (χ2v) is 15.3. The maximum absolute atomic E-state index is 13.9. The number of aryl methyl sites for hydroxylation is 1. The number of benzene rings is 2. The number of rotatable bonds is 13. The van der Waals surface area contributed by atoms with Crippen molar-refractivity contribution in [1.82, 2.24) is 15.1 Å².